The van der Waals surface area contributed by atoms with Gasteiger partial charge >= 0.3 is 19.8 Å². The Morgan fingerprint density at radius 3 is 1.52 bits per heavy atom. The SMILES string of the molecule is CC/C=C/C/C=C/C/C=C/C/C=C/C/C=C/CCCC(=O)O[C@H](COC(=O)CCCCCCCCC/C=C/CCCCCC)COP(=O)(O)O. The molecular weight excluding hydrogens is 651 g/mol. The Labute approximate surface area is 304 Å². The summed E-state index contributed by atoms with van der Waals surface area (Å²) in [4.78, 5) is 42.7. The van der Waals surface area contributed by atoms with Crippen LogP contribution >= 0.6 is 7.82 Å². The van der Waals surface area contributed by atoms with E-state index >= 15 is 0 Å². The van der Waals surface area contributed by atoms with E-state index in [0.29, 0.717) is 19.3 Å². The number of ether oxygens (including phenoxy) is 2. The van der Waals surface area contributed by atoms with Gasteiger partial charge in [-0.15, -0.1) is 0 Å². The zero-order chi connectivity index (χ0) is 36.8. The minimum absolute atomic E-state index is 0.129. The molecule has 0 aromatic rings. The van der Waals surface area contributed by atoms with E-state index in [4.69, 9.17) is 19.3 Å². The molecule has 0 saturated heterocycles. The molecule has 0 fully saturated rings. The fraction of sp³-hybridized carbons (Fsp3) is 0.659. The monoisotopic (exact) mass is 720 g/mol. The van der Waals surface area contributed by atoms with Crippen LogP contribution in [-0.4, -0.2) is 41.0 Å². The van der Waals surface area contributed by atoms with Crippen molar-refractivity contribution in [3.05, 3.63) is 72.9 Å². The lowest BCUT2D eigenvalue weighted by Gasteiger charge is -2.18. The van der Waals surface area contributed by atoms with E-state index in [2.05, 4.69) is 79.1 Å². The van der Waals surface area contributed by atoms with Gasteiger partial charge in [0.1, 0.15) is 6.61 Å². The number of unbranched alkanes of at least 4 members (excludes halogenated alkanes) is 12. The summed E-state index contributed by atoms with van der Waals surface area (Å²) in [7, 11) is -4.77. The van der Waals surface area contributed by atoms with Crippen molar-refractivity contribution in [1.82, 2.24) is 0 Å². The second kappa shape index (κ2) is 36.3. The molecule has 1 atom stereocenters. The molecule has 9 heteroatoms. The maximum atomic E-state index is 12.3. The van der Waals surface area contributed by atoms with Gasteiger partial charge < -0.3 is 19.3 Å². The van der Waals surface area contributed by atoms with Crippen LogP contribution in [0.25, 0.3) is 0 Å². The summed E-state index contributed by atoms with van der Waals surface area (Å²) in [6, 6.07) is 0. The summed E-state index contributed by atoms with van der Waals surface area (Å²) < 4.78 is 26.3. The number of carbonyl (C=O) groups excluding carboxylic acids is 2. The number of phosphoric ester groups is 1. The van der Waals surface area contributed by atoms with Gasteiger partial charge in [0.25, 0.3) is 0 Å². The highest BCUT2D eigenvalue weighted by molar-refractivity contribution is 7.46. The number of esters is 2. The lowest BCUT2D eigenvalue weighted by molar-refractivity contribution is -0.161. The number of phosphoric acid groups is 1. The summed E-state index contributed by atoms with van der Waals surface area (Å²) in [5.74, 6) is -0.965. The van der Waals surface area contributed by atoms with Crippen molar-refractivity contribution in [1.29, 1.82) is 0 Å². The van der Waals surface area contributed by atoms with Crippen LogP contribution in [0.4, 0.5) is 0 Å². The third-order valence-corrected chi connectivity index (χ3v) is 8.19. The molecule has 0 heterocycles. The highest BCUT2D eigenvalue weighted by Crippen LogP contribution is 2.35. The normalized spacial score (nSPS) is 13.3. The smallest absolute Gasteiger partial charge is 0.462 e. The molecule has 2 N–H and O–H groups in total. The molecule has 286 valence electrons. The molecule has 0 amide bonds. The van der Waals surface area contributed by atoms with Crippen LogP contribution in [0.2, 0.25) is 0 Å². The Bertz CT molecular complexity index is 1040. The molecule has 0 bridgehead atoms. The largest absolute Gasteiger partial charge is 0.469 e. The summed E-state index contributed by atoms with van der Waals surface area (Å²) in [5.41, 5.74) is 0. The second-order valence-electron chi connectivity index (χ2n) is 12.5. The molecule has 0 aliphatic carbocycles. The van der Waals surface area contributed by atoms with E-state index < -0.39 is 32.5 Å². The van der Waals surface area contributed by atoms with E-state index in [1.165, 1.54) is 51.4 Å². The average molecular weight is 721 g/mol. The van der Waals surface area contributed by atoms with Crippen molar-refractivity contribution in [2.45, 2.75) is 161 Å². The Morgan fingerprint density at radius 1 is 0.540 bits per heavy atom. The maximum Gasteiger partial charge on any atom is 0.469 e. The Hall–Kier alpha value is -2.51. The van der Waals surface area contributed by atoms with Crippen molar-refractivity contribution >= 4 is 19.8 Å². The summed E-state index contributed by atoms with van der Waals surface area (Å²) in [5, 5.41) is 0. The predicted octanol–water partition coefficient (Wildman–Crippen LogP) is 11.5. The Kier molecular flexibility index (Phi) is 34.5. The third-order valence-electron chi connectivity index (χ3n) is 7.71. The highest BCUT2D eigenvalue weighted by atomic mass is 31.2. The van der Waals surface area contributed by atoms with Gasteiger partial charge in [-0.2, -0.15) is 0 Å². The van der Waals surface area contributed by atoms with Crippen molar-refractivity contribution in [2.75, 3.05) is 13.2 Å². The quantitative estimate of drug-likeness (QED) is 0.0292. The van der Waals surface area contributed by atoms with Crippen molar-refractivity contribution in [2.24, 2.45) is 0 Å². The number of hydrogen-bond acceptors (Lipinski definition) is 6. The van der Waals surface area contributed by atoms with Gasteiger partial charge in [-0.1, -0.05) is 138 Å². The average Bonchev–Trinajstić information content (AvgIpc) is 3.08. The molecule has 0 rings (SSSR count). The van der Waals surface area contributed by atoms with Crippen molar-refractivity contribution < 1.29 is 37.9 Å². The molecular formula is C41H69O8P. The Morgan fingerprint density at radius 2 is 0.980 bits per heavy atom. The third kappa shape index (κ3) is 38.3. The zero-order valence-electron chi connectivity index (χ0n) is 31.3. The van der Waals surface area contributed by atoms with E-state index in [0.717, 1.165) is 57.8 Å². The van der Waals surface area contributed by atoms with Gasteiger partial charge in [0.15, 0.2) is 6.10 Å². The summed E-state index contributed by atoms with van der Waals surface area (Å²) in [6.45, 7) is 3.49. The van der Waals surface area contributed by atoms with Crippen LogP contribution in [0.15, 0.2) is 72.9 Å². The standard InChI is InChI=1S/C41H69O8P/c1-3-5-7-9-11-13-15-17-19-20-22-24-26-28-30-32-34-36-41(43)49-39(38-48-50(44,45)46)37-47-40(42)35-33-31-29-27-25-23-21-18-16-14-12-10-8-6-4-2/h5,7,11,13-14,16-17,19,22,24,28,30,39H,3-4,6,8-10,12,15,18,20-21,23,25-27,29,31-38H2,1-2H3,(H2,44,45,46)/b7-5+,13-11+,16-14+,19-17+,24-22+,30-28+/t39-/m1/s1. The fourth-order valence-corrected chi connectivity index (χ4v) is 5.23. The molecule has 8 nitrogen and oxygen atoms in total. The van der Waals surface area contributed by atoms with Crippen LogP contribution in [0, 0.1) is 0 Å². The van der Waals surface area contributed by atoms with Gasteiger partial charge in [-0.25, -0.2) is 4.57 Å². The lowest BCUT2D eigenvalue weighted by Crippen LogP contribution is -2.29. The molecule has 0 aliphatic rings. The first-order valence-electron chi connectivity index (χ1n) is 19.2. The molecule has 0 saturated carbocycles. The topological polar surface area (TPSA) is 119 Å². The molecule has 0 aliphatic heterocycles. The lowest BCUT2D eigenvalue weighted by atomic mass is 10.1. The number of allylic oxidation sites excluding steroid dienone is 12. The van der Waals surface area contributed by atoms with E-state index in [1.54, 1.807) is 0 Å². The van der Waals surface area contributed by atoms with Gasteiger partial charge in [-0.3, -0.25) is 14.1 Å². The minimum Gasteiger partial charge on any atom is -0.462 e. The Balaban J connectivity index is 4.09. The van der Waals surface area contributed by atoms with E-state index in [9.17, 15) is 14.2 Å². The van der Waals surface area contributed by atoms with Crippen LogP contribution in [-0.2, 0) is 28.2 Å². The number of hydrogen-bond donors (Lipinski definition) is 2. The van der Waals surface area contributed by atoms with E-state index in [1.807, 2.05) is 12.2 Å². The number of rotatable bonds is 34. The zero-order valence-corrected chi connectivity index (χ0v) is 32.2. The van der Waals surface area contributed by atoms with E-state index in [-0.39, 0.29) is 19.4 Å². The first-order valence-corrected chi connectivity index (χ1v) is 20.8. The number of carbonyl (C=O) groups is 2. The molecule has 0 unspecified atom stereocenters. The van der Waals surface area contributed by atoms with Crippen molar-refractivity contribution in [3.8, 4) is 0 Å². The first-order chi connectivity index (χ1) is 24.3. The summed E-state index contributed by atoms with van der Waals surface area (Å²) >= 11 is 0. The highest BCUT2D eigenvalue weighted by Gasteiger charge is 2.22. The van der Waals surface area contributed by atoms with Gasteiger partial charge in [0.2, 0.25) is 0 Å². The van der Waals surface area contributed by atoms with Crippen LogP contribution < -0.4 is 0 Å². The molecule has 0 spiro atoms. The second-order valence-corrected chi connectivity index (χ2v) is 13.8. The molecule has 0 radical (unpaired) electrons. The van der Waals surface area contributed by atoms with Crippen molar-refractivity contribution in [3.63, 3.8) is 0 Å². The van der Waals surface area contributed by atoms with Crippen LogP contribution in [0.5, 0.6) is 0 Å². The van der Waals surface area contributed by atoms with Gasteiger partial charge in [-0.05, 0) is 77.0 Å². The maximum absolute atomic E-state index is 12.3. The van der Waals surface area contributed by atoms with Gasteiger partial charge in [0, 0.05) is 12.8 Å². The predicted molar refractivity (Wildman–Crippen MR) is 207 cm³/mol. The molecule has 0 aromatic carbocycles. The first kappa shape index (κ1) is 47.5. The molecule has 0 aromatic heterocycles. The van der Waals surface area contributed by atoms with Gasteiger partial charge in [0.05, 0.1) is 6.61 Å². The van der Waals surface area contributed by atoms with Crippen LogP contribution in [0.3, 0.4) is 0 Å². The minimum atomic E-state index is -4.77. The molecule has 50 heavy (non-hydrogen) atoms. The fourth-order valence-electron chi connectivity index (χ4n) is 4.87. The van der Waals surface area contributed by atoms with Crippen LogP contribution in [0.1, 0.15) is 155 Å². The summed E-state index contributed by atoms with van der Waals surface area (Å²) in [6.07, 6.45) is 46.3.